The van der Waals surface area contributed by atoms with Crippen LogP contribution in [0, 0.1) is 5.92 Å². The van der Waals surface area contributed by atoms with Gasteiger partial charge in [0, 0.05) is 6.42 Å². The van der Waals surface area contributed by atoms with Crippen LogP contribution in [-0.2, 0) is 4.79 Å². The quantitative estimate of drug-likeness (QED) is 0.590. The fourth-order valence-corrected chi connectivity index (χ4v) is 1.28. The minimum absolute atomic E-state index is 0.124. The van der Waals surface area contributed by atoms with Crippen LogP contribution in [0.1, 0.15) is 19.3 Å². The first-order valence-electron chi connectivity index (χ1n) is 3.52. The lowest BCUT2D eigenvalue weighted by Crippen LogP contribution is -2.33. The smallest absolute Gasteiger partial charge is 0.141 e. The predicted octanol–water partition coefficient (Wildman–Crippen LogP) is 0.686. The van der Waals surface area contributed by atoms with E-state index in [2.05, 4.69) is 0 Å². The maximum Gasteiger partial charge on any atom is 0.141 e. The van der Waals surface area contributed by atoms with Crippen LogP contribution in [0.2, 0.25) is 0 Å². The molecule has 0 spiro atoms. The Morgan fingerprint density at radius 3 is 2.80 bits per heavy atom. The molecule has 1 rings (SSSR count). The molecule has 10 heavy (non-hydrogen) atoms. The van der Waals surface area contributed by atoms with E-state index in [9.17, 15) is 9.18 Å². The summed E-state index contributed by atoms with van der Waals surface area (Å²) in [4.78, 5) is 10.8. The summed E-state index contributed by atoms with van der Waals surface area (Å²) in [7, 11) is 0. The molecule has 2 unspecified atom stereocenters. The van der Waals surface area contributed by atoms with Gasteiger partial charge < -0.3 is 5.11 Å². The van der Waals surface area contributed by atoms with Gasteiger partial charge in [-0.15, -0.1) is 0 Å². The van der Waals surface area contributed by atoms with E-state index in [0.717, 1.165) is 0 Å². The van der Waals surface area contributed by atoms with E-state index >= 15 is 0 Å². The van der Waals surface area contributed by atoms with Gasteiger partial charge in [0.1, 0.15) is 12.5 Å². The molecule has 0 radical (unpaired) electrons. The molecule has 1 saturated carbocycles. The molecule has 1 aliphatic carbocycles. The van der Waals surface area contributed by atoms with Crippen molar-refractivity contribution in [1.82, 2.24) is 0 Å². The van der Waals surface area contributed by atoms with Crippen molar-refractivity contribution in [3.8, 4) is 0 Å². The summed E-state index contributed by atoms with van der Waals surface area (Å²) in [6.45, 7) is -0.708. The molecule has 0 heterocycles. The Morgan fingerprint density at radius 2 is 2.40 bits per heavy atom. The van der Waals surface area contributed by atoms with Crippen molar-refractivity contribution >= 4 is 5.78 Å². The number of alkyl halides is 1. The van der Waals surface area contributed by atoms with Crippen molar-refractivity contribution in [2.75, 3.05) is 6.67 Å². The number of carbonyl (C=O) groups is 1. The van der Waals surface area contributed by atoms with E-state index in [1.807, 2.05) is 0 Å². The maximum absolute atomic E-state index is 12.0. The van der Waals surface area contributed by atoms with Crippen LogP contribution in [0.4, 0.5) is 4.39 Å². The maximum atomic E-state index is 12.0. The number of ketones is 1. The largest absolute Gasteiger partial charge is 0.392 e. The van der Waals surface area contributed by atoms with Crippen LogP contribution >= 0.6 is 0 Å². The molecule has 1 fully saturated rings. The van der Waals surface area contributed by atoms with E-state index in [1.54, 1.807) is 0 Å². The summed E-state index contributed by atoms with van der Waals surface area (Å²) in [6.07, 6.45) is 0.980. The van der Waals surface area contributed by atoms with Crippen molar-refractivity contribution in [1.29, 1.82) is 0 Å². The van der Waals surface area contributed by atoms with Crippen LogP contribution in [-0.4, -0.2) is 23.7 Å². The molecule has 0 amide bonds. The zero-order valence-electron chi connectivity index (χ0n) is 5.72. The molecule has 2 nitrogen and oxygen atoms in total. The third-order valence-electron chi connectivity index (χ3n) is 1.97. The number of Topliss-reactive ketones (excluding diaryl/α,β-unsaturated/α-hetero) is 1. The molecule has 0 saturated heterocycles. The summed E-state index contributed by atoms with van der Waals surface area (Å²) < 4.78 is 12.0. The second kappa shape index (κ2) is 3.10. The van der Waals surface area contributed by atoms with Crippen molar-refractivity contribution in [2.45, 2.75) is 25.4 Å². The van der Waals surface area contributed by atoms with E-state index in [1.165, 1.54) is 0 Å². The van der Waals surface area contributed by atoms with Gasteiger partial charge in [-0.05, 0) is 12.8 Å². The van der Waals surface area contributed by atoms with Gasteiger partial charge in [-0.2, -0.15) is 0 Å². The average molecular weight is 146 g/mol. The zero-order valence-corrected chi connectivity index (χ0v) is 5.72. The molecule has 3 heteroatoms. The van der Waals surface area contributed by atoms with E-state index < -0.39 is 18.7 Å². The summed E-state index contributed by atoms with van der Waals surface area (Å²) in [6, 6.07) is 0. The number of hydrogen-bond acceptors (Lipinski definition) is 2. The Kier molecular flexibility index (Phi) is 2.38. The molecule has 0 aromatic rings. The van der Waals surface area contributed by atoms with Gasteiger partial charge >= 0.3 is 0 Å². The van der Waals surface area contributed by atoms with Crippen LogP contribution in [0.15, 0.2) is 0 Å². The number of aliphatic hydroxyl groups is 1. The normalized spacial score (nSPS) is 34.4. The minimum atomic E-state index is -0.730. The number of aliphatic hydroxyl groups excluding tert-OH is 1. The second-order valence-corrected chi connectivity index (χ2v) is 2.69. The van der Waals surface area contributed by atoms with Crippen molar-refractivity contribution in [3.05, 3.63) is 0 Å². The van der Waals surface area contributed by atoms with Crippen LogP contribution < -0.4 is 0 Å². The van der Waals surface area contributed by atoms with Gasteiger partial charge in [0.15, 0.2) is 0 Å². The highest BCUT2D eigenvalue weighted by atomic mass is 19.1. The molecule has 0 aliphatic heterocycles. The van der Waals surface area contributed by atoms with Gasteiger partial charge in [-0.25, -0.2) is 0 Å². The lowest BCUT2D eigenvalue weighted by Gasteiger charge is -2.23. The fourth-order valence-electron chi connectivity index (χ4n) is 1.28. The Balaban J connectivity index is 2.53. The number of carbonyl (C=O) groups excluding carboxylic acids is 1. The monoisotopic (exact) mass is 146 g/mol. The zero-order chi connectivity index (χ0) is 7.56. The fraction of sp³-hybridized carbons (Fsp3) is 0.857. The molecular weight excluding hydrogens is 135 g/mol. The Hall–Kier alpha value is -0.440. The van der Waals surface area contributed by atoms with Gasteiger partial charge in [0.25, 0.3) is 0 Å². The van der Waals surface area contributed by atoms with Gasteiger partial charge in [0.2, 0.25) is 0 Å². The predicted molar refractivity (Wildman–Crippen MR) is 34.3 cm³/mol. The van der Waals surface area contributed by atoms with Crippen LogP contribution in [0.3, 0.4) is 0 Å². The standard InChI is InChI=1S/C7H11FO2/c8-4-5-6(9)2-1-3-7(5)10/h5-6,9H,1-4H2. The first-order chi connectivity index (χ1) is 4.75. The highest BCUT2D eigenvalue weighted by Crippen LogP contribution is 2.21. The third kappa shape index (κ3) is 1.34. The lowest BCUT2D eigenvalue weighted by atomic mass is 9.86. The van der Waals surface area contributed by atoms with Crippen molar-refractivity contribution in [2.24, 2.45) is 5.92 Å². The SMILES string of the molecule is O=C1CCCC(O)C1CF. The Labute approximate surface area is 59.0 Å². The van der Waals surface area contributed by atoms with Crippen molar-refractivity contribution in [3.63, 3.8) is 0 Å². The Morgan fingerprint density at radius 1 is 1.70 bits per heavy atom. The topological polar surface area (TPSA) is 37.3 Å². The first kappa shape index (κ1) is 7.66. The molecule has 1 aliphatic rings. The highest BCUT2D eigenvalue weighted by Gasteiger charge is 2.29. The molecular formula is C7H11FO2. The lowest BCUT2D eigenvalue weighted by molar-refractivity contribution is -0.130. The van der Waals surface area contributed by atoms with Crippen LogP contribution in [0.25, 0.3) is 0 Å². The first-order valence-corrected chi connectivity index (χ1v) is 3.52. The van der Waals surface area contributed by atoms with Gasteiger partial charge in [-0.1, -0.05) is 0 Å². The summed E-state index contributed by atoms with van der Waals surface area (Å²) in [5.41, 5.74) is 0. The Bertz CT molecular complexity index is 136. The van der Waals surface area contributed by atoms with Crippen molar-refractivity contribution < 1.29 is 14.3 Å². The molecule has 0 aromatic carbocycles. The van der Waals surface area contributed by atoms with Crippen LogP contribution in [0.5, 0.6) is 0 Å². The molecule has 58 valence electrons. The summed E-state index contributed by atoms with van der Waals surface area (Å²) in [5, 5.41) is 9.08. The van der Waals surface area contributed by atoms with E-state index in [0.29, 0.717) is 19.3 Å². The van der Waals surface area contributed by atoms with Gasteiger partial charge in [0.05, 0.1) is 12.0 Å². The minimum Gasteiger partial charge on any atom is -0.392 e. The third-order valence-corrected chi connectivity index (χ3v) is 1.97. The van der Waals surface area contributed by atoms with E-state index in [4.69, 9.17) is 5.11 Å². The second-order valence-electron chi connectivity index (χ2n) is 2.69. The molecule has 0 bridgehead atoms. The van der Waals surface area contributed by atoms with E-state index in [-0.39, 0.29) is 5.78 Å². The average Bonchev–Trinajstić information content (AvgIpc) is 1.88. The molecule has 1 N–H and O–H groups in total. The molecule has 2 atom stereocenters. The highest BCUT2D eigenvalue weighted by molar-refractivity contribution is 5.82. The number of halogens is 1. The molecule has 0 aromatic heterocycles. The number of rotatable bonds is 1. The summed E-state index contributed by atoms with van der Waals surface area (Å²) >= 11 is 0. The van der Waals surface area contributed by atoms with Gasteiger partial charge in [-0.3, -0.25) is 9.18 Å². The number of hydrogen-bond donors (Lipinski definition) is 1. The summed E-state index contributed by atoms with van der Waals surface area (Å²) in [5.74, 6) is -0.852.